The van der Waals surface area contributed by atoms with Crippen LogP contribution in [-0.4, -0.2) is 37.2 Å². The van der Waals surface area contributed by atoms with Crippen molar-refractivity contribution in [3.05, 3.63) is 146 Å². The van der Waals surface area contributed by atoms with Gasteiger partial charge in [-0.2, -0.15) is 0 Å². The zero-order valence-electron chi connectivity index (χ0n) is 50.4. The van der Waals surface area contributed by atoms with E-state index < -0.39 is 6.10 Å². The van der Waals surface area contributed by atoms with Gasteiger partial charge in [0.25, 0.3) is 0 Å². The van der Waals surface area contributed by atoms with E-state index in [4.69, 9.17) is 14.2 Å². The van der Waals surface area contributed by atoms with Gasteiger partial charge in [0.2, 0.25) is 0 Å². The number of hydrogen-bond acceptors (Lipinski definition) is 6. The van der Waals surface area contributed by atoms with Crippen LogP contribution in [0.1, 0.15) is 271 Å². The van der Waals surface area contributed by atoms with Crippen LogP contribution in [0.2, 0.25) is 0 Å². The number of hydrogen-bond donors (Lipinski definition) is 0. The molecule has 78 heavy (non-hydrogen) atoms. The molecule has 0 N–H and O–H groups in total. The van der Waals surface area contributed by atoms with Gasteiger partial charge in [0.05, 0.1) is 0 Å². The molecule has 0 aromatic carbocycles. The van der Waals surface area contributed by atoms with Crippen LogP contribution in [-0.2, 0) is 28.6 Å². The molecule has 0 heterocycles. The molecule has 0 amide bonds. The highest BCUT2D eigenvalue weighted by Crippen LogP contribution is 2.15. The van der Waals surface area contributed by atoms with E-state index in [2.05, 4.69) is 167 Å². The summed E-state index contributed by atoms with van der Waals surface area (Å²) in [7, 11) is 0. The van der Waals surface area contributed by atoms with Gasteiger partial charge < -0.3 is 14.2 Å². The van der Waals surface area contributed by atoms with Crippen LogP contribution in [0, 0.1) is 0 Å². The smallest absolute Gasteiger partial charge is 0.306 e. The maximum Gasteiger partial charge on any atom is 0.306 e. The molecule has 440 valence electrons. The highest BCUT2D eigenvalue weighted by Gasteiger charge is 2.19. The second-order valence-corrected chi connectivity index (χ2v) is 20.6. The topological polar surface area (TPSA) is 78.9 Å². The summed E-state index contributed by atoms with van der Waals surface area (Å²) in [6, 6.07) is 0. The van der Waals surface area contributed by atoms with E-state index in [9.17, 15) is 14.4 Å². The van der Waals surface area contributed by atoms with Gasteiger partial charge in [-0.15, -0.1) is 0 Å². The van der Waals surface area contributed by atoms with Gasteiger partial charge in [0.15, 0.2) is 6.10 Å². The van der Waals surface area contributed by atoms with Gasteiger partial charge in [0, 0.05) is 19.3 Å². The van der Waals surface area contributed by atoms with Crippen LogP contribution < -0.4 is 0 Å². The minimum Gasteiger partial charge on any atom is -0.462 e. The molecular formula is C72H116O6. The van der Waals surface area contributed by atoms with Crippen molar-refractivity contribution in [2.45, 2.75) is 277 Å². The molecule has 0 aliphatic carbocycles. The van der Waals surface area contributed by atoms with Crippen LogP contribution in [0.15, 0.2) is 146 Å². The monoisotopic (exact) mass is 1080 g/mol. The Morgan fingerprint density at radius 1 is 0.269 bits per heavy atom. The third-order valence-corrected chi connectivity index (χ3v) is 13.1. The average molecular weight is 1080 g/mol. The minimum atomic E-state index is -0.812. The summed E-state index contributed by atoms with van der Waals surface area (Å²) in [5.41, 5.74) is 0. The van der Waals surface area contributed by atoms with Gasteiger partial charge in [-0.05, 0) is 116 Å². The SMILES string of the molecule is CC/C=C\C/C=C\C/C=C\C/C=C\C/C=C\C/C=C\C/C=C\CCCC(=O)OC(COC(=O)CCCCCCCCCC)COC(=O)CCCCCCCCCCCCCCC/C=C\C/C=C\C/C=C\C/C=C\C/C=C\CC. The summed E-state index contributed by atoms with van der Waals surface area (Å²) in [5, 5.41) is 0. The molecule has 0 spiro atoms. The van der Waals surface area contributed by atoms with Crippen molar-refractivity contribution in [1.29, 1.82) is 0 Å². The van der Waals surface area contributed by atoms with E-state index in [0.717, 1.165) is 122 Å². The second kappa shape index (κ2) is 64.8. The molecule has 0 bridgehead atoms. The van der Waals surface area contributed by atoms with Crippen molar-refractivity contribution in [3.8, 4) is 0 Å². The highest BCUT2D eigenvalue weighted by atomic mass is 16.6. The summed E-state index contributed by atoms with van der Waals surface area (Å²) in [6.45, 7) is 6.33. The number of allylic oxidation sites excluding steroid dienone is 24. The number of unbranched alkanes of at least 4 members (excludes halogenated alkanes) is 21. The van der Waals surface area contributed by atoms with Crippen molar-refractivity contribution >= 4 is 17.9 Å². The summed E-state index contributed by atoms with van der Waals surface area (Å²) in [4.78, 5) is 38.1. The Morgan fingerprint density at radius 3 is 0.821 bits per heavy atom. The van der Waals surface area contributed by atoms with Crippen molar-refractivity contribution < 1.29 is 28.6 Å². The van der Waals surface area contributed by atoms with E-state index in [1.54, 1.807) is 0 Å². The van der Waals surface area contributed by atoms with Crippen LogP contribution in [0.3, 0.4) is 0 Å². The molecule has 0 aromatic rings. The minimum absolute atomic E-state index is 0.104. The lowest BCUT2D eigenvalue weighted by atomic mass is 10.0. The first-order valence-electron chi connectivity index (χ1n) is 31.8. The normalized spacial score (nSPS) is 13.1. The van der Waals surface area contributed by atoms with Gasteiger partial charge in [-0.3, -0.25) is 14.4 Å². The predicted molar refractivity (Wildman–Crippen MR) is 339 cm³/mol. The molecule has 1 atom stereocenters. The standard InChI is InChI=1S/C72H116O6/c1-4-7-10-13-16-19-21-23-25-27-29-31-33-34-35-36-37-38-40-41-43-45-47-49-51-53-56-59-62-65-71(74)77-68-69(67-76-70(73)64-61-58-55-18-15-12-9-6-3)78-72(75)66-63-60-57-54-52-50-48-46-44-42-39-32-30-28-26-24-22-20-17-14-11-8-5-2/h7-8,10-11,16-17,19-20,23-26,29-32,34-35,42,44,48,50,54,57,69H,4-6,9,12-15,18,21-22,27-28,33,36-41,43,45-47,49,51-53,55-56,58-68H2,1-3H3/b10-7-,11-8-,19-16-,20-17-,25-23-,26-24-,31-29-,32-30-,35-34-,44-42-,50-48-,57-54-. The lowest BCUT2D eigenvalue weighted by Crippen LogP contribution is -2.30. The summed E-state index contributed by atoms with van der Waals surface area (Å²) in [5.74, 6) is -0.971. The fraction of sp³-hybridized carbons (Fsp3) is 0.625. The number of ether oxygens (including phenoxy) is 3. The third kappa shape index (κ3) is 62.1. The number of carbonyl (C=O) groups excluding carboxylic acids is 3. The molecule has 0 aliphatic heterocycles. The molecular weight excluding hydrogens is 961 g/mol. The fourth-order valence-corrected chi connectivity index (χ4v) is 8.40. The molecule has 6 heteroatoms. The van der Waals surface area contributed by atoms with E-state index in [-0.39, 0.29) is 37.5 Å². The van der Waals surface area contributed by atoms with Crippen LogP contribution >= 0.6 is 0 Å². The van der Waals surface area contributed by atoms with Gasteiger partial charge in [-0.1, -0.05) is 282 Å². The van der Waals surface area contributed by atoms with E-state index >= 15 is 0 Å². The molecule has 0 aromatic heterocycles. The Hall–Kier alpha value is -4.71. The van der Waals surface area contributed by atoms with E-state index in [1.165, 1.54) is 103 Å². The first kappa shape index (κ1) is 73.3. The van der Waals surface area contributed by atoms with Crippen molar-refractivity contribution in [1.82, 2.24) is 0 Å². The summed E-state index contributed by atoms with van der Waals surface area (Å²) < 4.78 is 16.8. The zero-order chi connectivity index (χ0) is 56.4. The Balaban J connectivity index is 4.27. The Morgan fingerprint density at radius 2 is 0.513 bits per heavy atom. The van der Waals surface area contributed by atoms with Crippen LogP contribution in [0.25, 0.3) is 0 Å². The lowest BCUT2D eigenvalue weighted by molar-refractivity contribution is -0.167. The zero-order valence-corrected chi connectivity index (χ0v) is 50.4. The maximum atomic E-state index is 12.8. The predicted octanol–water partition coefficient (Wildman–Crippen LogP) is 21.9. The number of carbonyl (C=O) groups is 3. The van der Waals surface area contributed by atoms with Crippen molar-refractivity contribution in [3.63, 3.8) is 0 Å². The Labute approximate surface area is 480 Å². The number of esters is 3. The highest BCUT2D eigenvalue weighted by molar-refractivity contribution is 5.71. The van der Waals surface area contributed by atoms with Gasteiger partial charge in [0.1, 0.15) is 13.2 Å². The van der Waals surface area contributed by atoms with Crippen LogP contribution in [0.5, 0.6) is 0 Å². The van der Waals surface area contributed by atoms with Gasteiger partial charge in [-0.25, -0.2) is 0 Å². The largest absolute Gasteiger partial charge is 0.462 e. The number of rotatable bonds is 56. The molecule has 6 nitrogen and oxygen atoms in total. The lowest BCUT2D eigenvalue weighted by Gasteiger charge is -2.18. The molecule has 0 saturated carbocycles. The van der Waals surface area contributed by atoms with E-state index in [0.29, 0.717) is 19.3 Å². The molecule has 0 saturated heterocycles. The molecule has 0 radical (unpaired) electrons. The van der Waals surface area contributed by atoms with Gasteiger partial charge >= 0.3 is 17.9 Å². The Kier molecular flexibility index (Phi) is 60.9. The Bertz CT molecular complexity index is 1710. The average Bonchev–Trinajstić information content (AvgIpc) is 3.44. The van der Waals surface area contributed by atoms with Crippen LogP contribution in [0.4, 0.5) is 0 Å². The summed E-state index contributed by atoms with van der Waals surface area (Å²) >= 11 is 0. The molecule has 0 fully saturated rings. The molecule has 0 aliphatic rings. The van der Waals surface area contributed by atoms with Crippen molar-refractivity contribution in [2.24, 2.45) is 0 Å². The quantitative estimate of drug-likeness (QED) is 0.0261. The first-order chi connectivity index (χ1) is 38.5. The molecule has 1 unspecified atom stereocenters. The van der Waals surface area contributed by atoms with E-state index in [1.807, 2.05) is 0 Å². The summed E-state index contributed by atoms with van der Waals surface area (Å²) in [6.07, 6.45) is 93.1. The third-order valence-electron chi connectivity index (χ3n) is 13.1. The maximum absolute atomic E-state index is 12.8. The first-order valence-corrected chi connectivity index (χ1v) is 31.8. The fourth-order valence-electron chi connectivity index (χ4n) is 8.40. The van der Waals surface area contributed by atoms with Crippen molar-refractivity contribution in [2.75, 3.05) is 13.2 Å². The second-order valence-electron chi connectivity index (χ2n) is 20.6. The molecule has 0 rings (SSSR count).